The fraction of sp³-hybridized carbons (Fsp3) is 0.190. The summed E-state index contributed by atoms with van der Waals surface area (Å²) in [5.41, 5.74) is 1.54. The molecule has 0 aliphatic rings. The number of fused-ring (bicyclic) bond motifs is 1. The Bertz CT molecular complexity index is 1040. The van der Waals surface area contributed by atoms with Crippen LogP contribution in [0.5, 0.6) is 11.5 Å². The van der Waals surface area contributed by atoms with Crippen molar-refractivity contribution in [2.24, 2.45) is 0 Å². The van der Waals surface area contributed by atoms with Crippen LogP contribution < -0.4 is 14.8 Å². The van der Waals surface area contributed by atoms with Crippen LogP contribution >= 0.6 is 11.3 Å². The number of anilines is 1. The van der Waals surface area contributed by atoms with Crippen molar-refractivity contribution in [3.8, 4) is 11.5 Å². The van der Waals surface area contributed by atoms with Gasteiger partial charge in [-0.3, -0.25) is 10.1 Å². The van der Waals surface area contributed by atoms with E-state index in [1.807, 2.05) is 37.3 Å². The third-order valence-corrected chi connectivity index (χ3v) is 4.70. The zero-order valence-corrected chi connectivity index (χ0v) is 16.8. The minimum atomic E-state index is -0.617. The number of thiazole rings is 1. The molecule has 150 valence electrons. The number of carbonyl (C=O) groups is 2. The van der Waals surface area contributed by atoms with Gasteiger partial charge in [0, 0.05) is 6.08 Å². The second kappa shape index (κ2) is 9.70. The summed E-state index contributed by atoms with van der Waals surface area (Å²) in [5, 5.41) is 3.07. The summed E-state index contributed by atoms with van der Waals surface area (Å²) in [4.78, 5) is 28.2. The summed E-state index contributed by atoms with van der Waals surface area (Å²) in [6, 6.07) is 12.7. The van der Waals surface area contributed by atoms with Crippen LogP contribution in [0.1, 0.15) is 12.5 Å². The van der Waals surface area contributed by atoms with Gasteiger partial charge in [-0.2, -0.15) is 0 Å². The molecule has 0 atom stereocenters. The number of nitrogens with one attached hydrogen (secondary N) is 1. The fourth-order valence-electron chi connectivity index (χ4n) is 2.46. The molecule has 0 radical (unpaired) electrons. The van der Waals surface area contributed by atoms with Crippen molar-refractivity contribution in [2.45, 2.75) is 6.92 Å². The van der Waals surface area contributed by atoms with Crippen LogP contribution in [0.4, 0.5) is 5.13 Å². The number of benzene rings is 2. The summed E-state index contributed by atoms with van der Waals surface area (Å²) >= 11 is 1.32. The first-order valence-electron chi connectivity index (χ1n) is 8.89. The summed E-state index contributed by atoms with van der Waals surface area (Å²) in [7, 11) is 1.57. The number of hydrogen-bond donors (Lipinski definition) is 1. The van der Waals surface area contributed by atoms with Crippen molar-refractivity contribution < 1.29 is 23.8 Å². The third kappa shape index (κ3) is 5.79. The lowest BCUT2D eigenvalue weighted by Gasteiger charge is -2.02. The van der Waals surface area contributed by atoms with Crippen LogP contribution in [-0.2, 0) is 14.3 Å². The van der Waals surface area contributed by atoms with Crippen molar-refractivity contribution in [1.82, 2.24) is 4.98 Å². The number of amides is 1. The topological polar surface area (TPSA) is 86.8 Å². The Morgan fingerprint density at radius 3 is 2.83 bits per heavy atom. The normalized spacial score (nSPS) is 10.8. The molecule has 3 aromatic rings. The Kier molecular flexibility index (Phi) is 6.80. The molecular weight excluding hydrogens is 392 g/mol. The molecular formula is C21H20N2O5S. The number of nitrogens with zero attached hydrogens (tertiary/aromatic N) is 1. The van der Waals surface area contributed by atoms with Crippen molar-refractivity contribution in [3.05, 3.63) is 54.1 Å². The first-order chi connectivity index (χ1) is 14.1. The van der Waals surface area contributed by atoms with Crippen molar-refractivity contribution in [1.29, 1.82) is 0 Å². The molecule has 0 spiro atoms. The maximum Gasteiger partial charge on any atom is 0.331 e. The lowest BCUT2D eigenvalue weighted by Crippen LogP contribution is -2.19. The molecule has 0 aliphatic heterocycles. The molecule has 29 heavy (non-hydrogen) atoms. The molecule has 0 saturated heterocycles. The van der Waals surface area contributed by atoms with E-state index in [4.69, 9.17) is 14.2 Å². The van der Waals surface area contributed by atoms with Crippen LogP contribution in [0.3, 0.4) is 0 Å². The summed E-state index contributed by atoms with van der Waals surface area (Å²) in [6.07, 6.45) is 2.85. The molecule has 7 nitrogen and oxygen atoms in total. The van der Waals surface area contributed by atoms with Crippen LogP contribution in [0.15, 0.2) is 48.5 Å². The van der Waals surface area contributed by atoms with Crippen molar-refractivity contribution in [3.63, 3.8) is 0 Å². The quantitative estimate of drug-likeness (QED) is 0.446. The minimum Gasteiger partial charge on any atom is -0.497 e. The molecule has 0 unspecified atom stereocenters. The SMILES string of the molecule is CCOc1ccc2nc(NC(=O)COC(=O)/C=C/c3cccc(OC)c3)sc2c1. The predicted molar refractivity (Wildman–Crippen MR) is 112 cm³/mol. The highest BCUT2D eigenvalue weighted by atomic mass is 32.1. The highest BCUT2D eigenvalue weighted by Gasteiger charge is 2.10. The van der Waals surface area contributed by atoms with Gasteiger partial charge < -0.3 is 14.2 Å². The van der Waals surface area contributed by atoms with E-state index < -0.39 is 18.5 Å². The Morgan fingerprint density at radius 1 is 1.17 bits per heavy atom. The molecule has 0 saturated carbocycles. The molecule has 1 heterocycles. The lowest BCUT2D eigenvalue weighted by molar-refractivity contribution is -0.142. The average Bonchev–Trinajstić information content (AvgIpc) is 3.12. The maximum atomic E-state index is 12.0. The average molecular weight is 412 g/mol. The number of hydrogen-bond acceptors (Lipinski definition) is 7. The first-order valence-corrected chi connectivity index (χ1v) is 9.71. The van der Waals surface area contributed by atoms with Gasteiger partial charge in [0.25, 0.3) is 5.91 Å². The standard InChI is InChI=1S/C21H20N2O5S/c1-3-27-16-8-9-17-18(12-16)29-21(22-17)23-19(24)13-28-20(25)10-7-14-5-4-6-15(11-14)26-2/h4-12H,3,13H2,1-2H3,(H,22,23,24)/b10-7+. The van der Waals surface area contributed by atoms with Crippen LogP contribution in [0, 0.1) is 0 Å². The highest BCUT2D eigenvalue weighted by molar-refractivity contribution is 7.22. The summed E-state index contributed by atoms with van der Waals surface area (Å²) < 4.78 is 16.4. The maximum absolute atomic E-state index is 12.0. The number of methoxy groups -OCH3 is 1. The van der Waals surface area contributed by atoms with E-state index in [2.05, 4.69) is 10.3 Å². The molecule has 2 aromatic carbocycles. The van der Waals surface area contributed by atoms with Gasteiger partial charge in [-0.05, 0) is 48.9 Å². The van der Waals surface area contributed by atoms with Crippen LogP contribution in [0.25, 0.3) is 16.3 Å². The Balaban J connectivity index is 1.52. The molecule has 0 bridgehead atoms. The molecule has 8 heteroatoms. The minimum absolute atomic E-state index is 0.401. The van der Waals surface area contributed by atoms with Gasteiger partial charge >= 0.3 is 5.97 Å². The molecule has 3 rings (SSSR count). The monoisotopic (exact) mass is 412 g/mol. The Morgan fingerprint density at radius 2 is 2.03 bits per heavy atom. The van der Waals surface area contributed by atoms with Crippen molar-refractivity contribution >= 4 is 44.6 Å². The molecule has 0 fully saturated rings. The third-order valence-electron chi connectivity index (χ3n) is 3.77. The van der Waals surface area contributed by atoms with Gasteiger partial charge in [0.2, 0.25) is 0 Å². The summed E-state index contributed by atoms with van der Waals surface area (Å²) in [5.74, 6) is 0.355. The van der Waals surface area contributed by atoms with Gasteiger partial charge in [-0.1, -0.05) is 23.5 Å². The van der Waals surface area contributed by atoms with E-state index in [1.165, 1.54) is 17.4 Å². The summed E-state index contributed by atoms with van der Waals surface area (Å²) in [6.45, 7) is 2.09. The Labute approximate surface area is 171 Å². The molecule has 0 aliphatic carbocycles. The van der Waals surface area contributed by atoms with E-state index >= 15 is 0 Å². The van der Waals surface area contributed by atoms with Crippen molar-refractivity contribution in [2.75, 3.05) is 25.6 Å². The smallest absolute Gasteiger partial charge is 0.331 e. The first kappa shape index (κ1) is 20.3. The predicted octanol–water partition coefficient (Wildman–Crippen LogP) is 3.90. The molecule has 1 N–H and O–H groups in total. The van der Waals surface area contributed by atoms with Gasteiger partial charge in [-0.25, -0.2) is 9.78 Å². The van der Waals surface area contributed by atoms with Crippen LogP contribution in [-0.4, -0.2) is 37.2 Å². The molecule has 1 aromatic heterocycles. The lowest BCUT2D eigenvalue weighted by atomic mass is 10.2. The van der Waals surface area contributed by atoms with E-state index in [9.17, 15) is 9.59 Å². The number of carbonyl (C=O) groups excluding carboxylic acids is 2. The number of ether oxygens (including phenoxy) is 3. The van der Waals surface area contributed by atoms with Gasteiger partial charge in [0.05, 0.1) is 23.9 Å². The Hall–Kier alpha value is -3.39. The number of rotatable bonds is 8. The zero-order valence-electron chi connectivity index (χ0n) is 16.0. The second-order valence-electron chi connectivity index (χ2n) is 5.85. The van der Waals surface area contributed by atoms with E-state index in [1.54, 1.807) is 25.3 Å². The number of esters is 1. The second-order valence-corrected chi connectivity index (χ2v) is 6.88. The van der Waals surface area contributed by atoms with E-state index in [0.717, 1.165) is 21.5 Å². The van der Waals surface area contributed by atoms with Crippen LogP contribution in [0.2, 0.25) is 0 Å². The largest absolute Gasteiger partial charge is 0.497 e. The number of aromatic nitrogens is 1. The molecule has 1 amide bonds. The zero-order chi connectivity index (χ0) is 20.6. The van der Waals surface area contributed by atoms with Gasteiger partial charge in [0.1, 0.15) is 11.5 Å². The van der Waals surface area contributed by atoms with E-state index in [-0.39, 0.29) is 0 Å². The van der Waals surface area contributed by atoms with Gasteiger partial charge in [0.15, 0.2) is 11.7 Å². The van der Waals surface area contributed by atoms with Gasteiger partial charge in [-0.15, -0.1) is 0 Å². The van der Waals surface area contributed by atoms with E-state index in [0.29, 0.717) is 17.5 Å². The highest BCUT2D eigenvalue weighted by Crippen LogP contribution is 2.29. The fourth-order valence-corrected chi connectivity index (χ4v) is 3.37.